The van der Waals surface area contributed by atoms with Crippen LogP contribution >= 0.6 is 0 Å². The zero-order valence-corrected chi connectivity index (χ0v) is 18.8. The minimum Gasteiger partial charge on any atom is -0.497 e. The summed E-state index contributed by atoms with van der Waals surface area (Å²) < 4.78 is 49.3. The molecule has 168 valence electrons. The van der Waals surface area contributed by atoms with E-state index in [9.17, 15) is 12.8 Å². The van der Waals surface area contributed by atoms with Gasteiger partial charge in [-0.25, -0.2) is 12.8 Å². The Labute approximate surface area is 188 Å². The van der Waals surface area contributed by atoms with Gasteiger partial charge in [-0.2, -0.15) is 0 Å². The smallest absolute Gasteiger partial charge is 0.264 e. The normalized spacial score (nSPS) is 14.8. The van der Waals surface area contributed by atoms with Gasteiger partial charge < -0.3 is 10.1 Å². The van der Waals surface area contributed by atoms with Crippen LogP contribution in [0.1, 0.15) is 12.8 Å². The Bertz CT molecular complexity index is 1160. The topological polar surface area (TPSA) is 58.6 Å². The van der Waals surface area contributed by atoms with Crippen molar-refractivity contribution in [2.45, 2.75) is 17.7 Å². The van der Waals surface area contributed by atoms with Crippen LogP contribution in [0, 0.1) is 11.7 Å². The van der Waals surface area contributed by atoms with Crippen molar-refractivity contribution in [2.75, 3.05) is 31.0 Å². The Morgan fingerprint density at radius 1 is 0.969 bits per heavy atom. The van der Waals surface area contributed by atoms with Crippen molar-refractivity contribution < 1.29 is 17.5 Å². The van der Waals surface area contributed by atoms with E-state index in [1.165, 1.54) is 17.5 Å². The number of sulfonamides is 1. The highest BCUT2D eigenvalue weighted by Crippen LogP contribution is 2.38. The molecule has 1 N–H and O–H groups in total. The number of piperidine rings is 1. The predicted molar refractivity (Wildman–Crippen MR) is 125 cm³/mol. The van der Waals surface area contributed by atoms with E-state index in [2.05, 4.69) is 5.32 Å². The van der Waals surface area contributed by atoms with Gasteiger partial charge in [0.15, 0.2) is 0 Å². The zero-order chi connectivity index (χ0) is 22.6. The van der Waals surface area contributed by atoms with Gasteiger partial charge >= 0.3 is 0 Å². The van der Waals surface area contributed by atoms with Gasteiger partial charge in [0.1, 0.15) is 11.6 Å². The molecule has 1 saturated heterocycles. The lowest BCUT2D eigenvalue weighted by molar-refractivity contribution is 0.382. The van der Waals surface area contributed by atoms with E-state index in [1.54, 1.807) is 66.7 Å². The Morgan fingerprint density at radius 3 is 2.34 bits per heavy atom. The van der Waals surface area contributed by atoms with E-state index in [4.69, 9.17) is 4.74 Å². The molecule has 1 aliphatic rings. The first-order valence-electron chi connectivity index (χ1n) is 10.7. The Kier molecular flexibility index (Phi) is 6.77. The molecule has 32 heavy (non-hydrogen) atoms. The number of halogens is 1. The third-order valence-corrected chi connectivity index (χ3v) is 7.64. The highest BCUT2D eigenvalue weighted by atomic mass is 32.2. The zero-order valence-electron chi connectivity index (χ0n) is 18.0. The maximum Gasteiger partial charge on any atom is 0.264 e. The molecule has 5 nitrogen and oxygen atoms in total. The first-order valence-corrected chi connectivity index (χ1v) is 12.2. The summed E-state index contributed by atoms with van der Waals surface area (Å²) in [5, 5.41) is 3.32. The molecule has 1 fully saturated rings. The van der Waals surface area contributed by atoms with Crippen molar-refractivity contribution in [1.82, 2.24) is 5.32 Å². The SMILES string of the molecule is COc1ccc(N(CC2CCNCC2)S(=O)(=O)c2ccccc2)c(-c2ccccc2F)c1. The molecular formula is C25H27FN2O3S. The van der Waals surface area contributed by atoms with Crippen molar-refractivity contribution in [1.29, 1.82) is 0 Å². The first kappa shape index (κ1) is 22.3. The highest BCUT2D eigenvalue weighted by molar-refractivity contribution is 7.92. The molecule has 0 aliphatic carbocycles. The molecule has 1 heterocycles. The number of methoxy groups -OCH3 is 1. The molecule has 0 spiro atoms. The second kappa shape index (κ2) is 9.71. The minimum absolute atomic E-state index is 0.199. The van der Waals surface area contributed by atoms with Crippen LogP contribution in [-0.2, 0) is 10.0 Å². The second-order valence-corrected chi connectivity index (χ2v) is 9.77. The van der Waals surface area contributed by atoms with E-state index in [0.717, 1.165) is 25.9 Å². The van der Waals surface area contributed by atoms with Crippen LogP contribution in [0.5, 0.6) is 5.75 Å². The van der Waals surface area contributed by atoms with Gasteiger partial charge in [0, 0.05) is 17.7 Å². The molecular weight excluding hydrogens is 427 g/mol. The fourth-order valence-electron chi connectivity index (χ4n) is 4.10. The number of anilines is 1. The summed E-state index contributed by atoms with van der Waals surface area (Å²) in [5.41, 5.74) is 1.26. The monoisotopic (exact) mass is 454 g/mol. The van der Waals surface area contributed by atoms with Crippen LogP contribution in [0.25, 0.3) is 11.1 Å². The molecule has 0 unspecified atom stereocenters. The minimum atomic E-state index is -3.87. The number of hydrogen-bond acceptors (Lipinski definition) is 4. The third kappa shape index (κ3) is 4.64. The van der Waals surface area contributed by atoms with Gasteiger partial charge in [0.05, 0.1) is 17.7 Å². The molecule has 1 aliphatic heterocycles. The second-order valence-electron chi connectivity index (χ2n) is 7.91. The quantitative estimate of drug-likeness (QED) is 0.562. The first-order chi connectivity index (χ1) is 15.5. The number of ether oxygens (including phenoxy) is 1. The van der Waals surface area contributed by atoms with Crippen molar-refractivity contribution in [2.24, 2.45) is 5.92 Å². The van der Waals surface area contributed by atoms with Crippen molar-refractivity contribution in [3.05, 3.63) is 78.6 Å². The molecule has 0 aromatic heterocycles. The lowest BCUT2D eigenvalue weighted by Crippen LogP contribution is -2.39. The lowest BCUT2D eigenvalue weighted by atomic mass is 9.97. The van der Waals surface area contributed by atoms with E-state index in [0.29, 0.717) is 29.1 Å². The Hall–Kier alpha value is -2.90. The van der Waals surface area contributed by atoms with Gasteiger partial charge in [0.25, 0.3) is 10.0 Å². The molecule has 7 heteroatoms. The fourth-order valence-corrected chi connectivity index (χ4v) is 5.68. The lowest BCUT2D eigenvalue weighted by Gasteiger charge is -2.32. The summed E-state index contributed by atoms with van der Waals surface area (Å²) in [6.07, 6.45) is 1.76. The standard InChI is InChI=1S/C25H27FN2O3S/c1-31-20-11-12-25(23(17-20)22-9-5-6-10-24(22)26)28(18-19-13-15-27-16-14-19)32(29,30)21-7-3-2-4-8-21/h2-12,17,19,27H,13-16,18H2,1H3. The Balaban J connectivity index is 1.88. The highest BCUT2D eigenvalue weighted by Gasteiger charge is 2.30. The van der Waals surface area contributed by atoms with Gasteiger partial charge in [-0.1, -0.05) is 36.4 Å². The predicted octanol–water partition coefficient (Wildman–Crippen LogP) is 4.70. The summed E-state index contributed by atoms with van der Waals surface area (Å²) in [7, 11) is -2.33. The van der Waals surface area contributed by atoms with Crippen LogP contribution < -0.4 is 14.4 Å². The van der Waals surface area contributed by atoms with Crippen LogP contribution in [0.15, 0.2) is 77.7 Å². The van der Waals surface area contributed by atoms with Gasteiger partial charge in [0.2, 0.25) is 0 Å². The molecule has 4 rings (SSSR count). The van der Waals surface area contributed by atoms with E-state index in [1.807, 2.05) is 0 Å². The van der Waals surface area contributed by atoms with E-state index in [-0.39, 0.29) is 10.8 Å². The molecule has 0 radical (unpaired) electrons. The van der Waals surface area contributed by atoms with Crippen LogP contribution in [0.2, 0.25) is 0 Å². The molecule has 0 amide bonds. The molecule has 0 saturated carbocycles. The fraction of sp³-hybridized carbons (Fsp3) is 0.280. The van der Waals surface area contributed by atoms with Crippen LogP contribution in [0.3, 0.4) is 0 Å². The number of nitrogens with zero attached hydrogens (tertiary/aromatic N) is 1. The van der Waals surface area contributed by atoms with Crippen LogP contribution in [-0.4, -0.2) is 35.2 Å². The van der Waals surface area contributed by atoms with E-state index >= 15 is 0 Å². The third-order valence-electron chi connectivity index (χ3n) is 5.85. The van der Waals surface area contributed by atoms with Gasteiger partial charge in [-0.15, -0.1) is 0 Å². The largest absolute Gasteiger partial charge is 0.497 e. The Morgan fingerprint density at radius 2 is 1.66 bits per heavy atom. The molecule has 0 bridgehead atoms. The number of hydrogen-bond donors (Lipinski definition) is 1. The molecule has 3 aromatic carbocycles. The maximum absolute atomic E-state index is 14.8. The summed E-state index contributed by atoms with van der Waals surface area (Å²) in [5.74, 6) is 0.317. The van der Waals surface area contributed by atoms with Gasteiger partial charge in [-0.3, -0.25) is 4.31 Å². The summed E-state index contributed by atoms with van der Waals surface area (Å²) in [6.45, 7) is 2.03. The van der Waals surface area contributed by atoms with E-state index < -0.39 is 15.8 Å². The van der Waals surface area contributed by atoms with Crippen LogP contribution in [0.4, 0.5) is 10.1 Å². The number of rotatable bonds is 7. The van der Waals surface area contributed by atoms with Crippen molar-refractivity contribution >= 4 is 15.7 Å². The van der Waals surface area contributed by atoms with Crippen molar-refractivity contribution in [3.8, 4) is 16.9 Å². The molecule has 3 aromatic rings. The summed E-state index contributed by atoms with van der Waals surface area (Å²) in [6, 6.07) is 19.9. The van der Waals surface area contributed by atoms with Crippen molar-refractivity contribution in [3.63, 3.8) is 0 Å². The summed E-state index contributed by atoms with van der Waals surface area (Å²) in [4.78, 5) is 0.212. The summed E-state index contributed by atoms with van der Waals surface area (Å²) >= 11 is 0. The molecule has 0 atom stereocenters. The maximum atomic E-state index is 14.8. The van der Waals surface area contributed by atoms with Gasteiger partial charge in [-0.05, 0) is 68.2 Å². The number of nitrogens with one attached hydrogen (secondary N) is 1. The average Bonchev–Trinajstić information content (AvgIpc) is 2.84. The average molecular weight is 455 g/mol. The number of benzene rings is 3.